The van der Waals surface area contributed by atoms with Crippen LogP contribution < -0.4 is 10.6 Å². The Morgan fingerprint density at radius 3 is 2.49 bits per heavy atom. The number of hydrogen-bond donors (Lipinski definition) is 2. The van der Waals surface area contributed by atoms with Crippen molar-refractivity contribution >= 4 is 40.9 Å². The molecule has 2 atom stereocenters. The molecule has 3 rings (SSSR count). The Labute approximate surface area is 205 Å². The van der Waals surface area contributed by atoms with Gasteiger partial charge in [-0.2, -0.15) is 5.26 Å². The molecule has 1 heterocycles. The summed E-state index contributed by atoms with van der Waals surface area (Å²) >= 11 is 0.951. The number of rotatable bonds is 7. The predicted octanol–water partition coefficient (Wildman–Crippen LogP) is 3.32. The van der Waals surface area contributed by atoms with Gasteiger partial charge < -0.3 is 15.4 Å². The molecule has 180 valence electrons. The lowest BCUT2D eigenvalue weighted by atomic mass is 9.78. The molecule has 2 N–H and O–H groups in total. The Morgan fingerprint density at radius 2 is 1.91 bits per heavy atom. The average molecular weight is 495 g/mol. The second kappa shape index (κ2) is 10.8. The molecule has 2 aromatic rings. The maximum Gasteiger partial charge on any atom is 0.319 e. The number of thioether (sulfide) groups is 1. The molecule has 0 saturated carbocycles. The normalized spacial score (nSPS) is 17.3. The number of nitriles is 1. The molecule has 0 spiro atoms. The second-order valence-electron chi connectivity index (χ2n) is 7.83. The molecule has 1 aliphatic heterocycles. The largest absolute Gasteiger partial charge is 0.468 e. The number of carbonyl (C=O) groups excluding carboxylic acids is 3. The van der Waals surface area contributed by atoms with Crippen LogP contribution in [0.25, 0.3) is 0 Å². The second-order valence-corrected chi connectivity index (χ2v) is 8.81. The first-order chi connectivity index (χ1) is 16.7. The molecule has 10 nitrogen and oxygen atoms in total. The highest BCUT2D eigenvalue weighted by Gasteiger charge is 2.44. The van der Waals surface area contributed by atoms with Crippen molar-refractivity contribution in [2.24, 2.45) is 5.92 Å². The van der Waals surface area contributed by atoms with Crippen LogP contribution >= 0.6 is 11.8 Å². The van der Waals surface area contributed by atoms with Crippen molar-refractivity contribution in [3.05, 3.63) is 79.9 Å². The molecule has 0 unspecified atom stereocenters. The van der Waals surface area contributed by atoms with Gasteiger partial charge in [-0.1, -0.05) is 41.6 Å². The fourth-order valence-electron chi connectivity index (χ4n) is 3.68. The maximum atomic E-state index is 12.9. The first kappa shape index (κ1) is 25.5. The molecular weight excluding hydrogens is 472 g/mol. The van der Waals surface area contributed by atoms with Crippen LogP contribution in [0.1, 0.15) is 22.6 Å². The molecular formula is C24H22N4O6S. The number of benzene rings is 2. The Hall–Kier alpha value is -4.17. The lowest BCUT2D eigenvalue weighted by Gasteiger charge is -2.31. The number of methoxy groups -OCH3 is 1. The standard InChI is InChI=1S/C24H22N4O6S/c1-13-4-6-15(7-5-13)20-17(11-25)23(27-22(30)21(20)24(31)34-3)35-12-19(29)26-18-9-8-16(28(32)33)10-14(18)2/h4-10,20-21H,12H2,1-3H3,(H,26,29)(H,27,30)/t20-,21-/m0/s1. The van der Waals surface area contributed by atoms with Crippen LogP contribution in [0.3, 0.4) is 0 Å². The third kappa shape index (κ3) is 5.67. The van der Waals surface area contributed by atoms with E-state index in [2.05, 4.69) is 16.7 Å². The maximum absolute atomic E-state index is 12.9. The van der Waals surface area contributed by atoms with Crippen LogP contribution in [0.5, 0.6) is 0 Å². The van der Waals surface area contributed by atoms with Crippen LogP contribution in [0.15, 0.2) is 53.1 Å². The quantitative estimate of drug-likeness (QED) is 0.257. The van der Waals surface area contributed by atoms with Crippen LogP contribution in [0.4, 0.5) is 11.4 Å². The van der Waals surface area contributed by atoms with Crippen LogP contribution in [0.2, 0.25) is 0 Å². The highest BCUT2D eigenvalue weighted by Crippen LogP contribution is 2.40. The van der Waals surface area contributed by atoms with Crippen molar-refractivity contribution in [3.8, 4) is 6.07 Å². The van der Waals surface area contributed by atoms with E-state index >= 15 is 0 Å². The number of non-ortho nitro benzene ring substituents is 1. The van der Waals surface area contributed by atoms with Gasteiger partial charge in [0.05, 0.1) is 34.5 Å². The summed E-state index contributed by atoms with van der Waals surface area (Å²) in [6.07, 6.45) is 0. The molecule has 1 aliphatic rings. The van der Waals surface area contributed by atoms with Gasteiger partial charge in [-0.3, -0.25) is 24.5 Å². The molecule has 2 amide bonds. The highest BCUT2D eigenvalue weighted by molar-refractivity contribution is 8.03. The predicted molar refractivity (Wildman–Crippen MR) is 129 cm³/mol. The van der Waals surface area contributed by atoms with E-state index in [1.807, 2.05) is 19.1 Å². The number of aryl methyl sites for hydroxylation is 2. The lowest BCUT2D eigenvalue weighted by Crippen LogP contribution is -2.44. The molecule has 0 aliphatic carbocycles. The van der Waals surface area contributed by atoms with E-state index in [9.17, 15) is 29.8 Å². The van der Waals surface area contributed by atoms with Crippen LogP contribution in [0, 0.1) is 41.2 Å². The number of nitro groups is 1. The monoisotopic (exact) mass is 494 g/mol. The number of nitro benzene ring substituents is 1. The van der Waals surface area contributed by atoms with E-state index in [-0.39, 0.29) is 22.0 Å². The molecule has 0 aromatic heterocycles. The topological polar surface area (TPSA) is 151 Å². The average Bonchev–Trinajstić information content (AvgIpc) is 2.83. The Balaban J connectivity index is 1.86. The van der Waals surface area contributed by atoms with Crippen molar-refractivity contribution in [1.82, 2.24) is 5.32 Å². The number of carbonyl (C=O) groups is 3. The number of anilines is 1. The van der Waals surface area contributed by atoms with Crippen molar-refractivity contribution in [1.29, 1.82) is 5.26 Å². The van der Waals surface area contributed by atoms with Gasteiger partial charge in [-0.25, -0.2) is 0 Å². The summed E-state index contributed by atoms with van der Waals surface area (Å²) in [6, 6.07) is 13.3. The van der Waals surface area contributed by atoms with Gasteiger partial charge in [0.2, 0.25) is 11.8 Å². The van der Waals surface area contributed by atoms with E-state index in [0.29, 0.717) is 16.8 Å². The smallest absolute Gasteiger partial charge is 0.319 e. The molecule has 2 aromatic carbocycles. The zero-order valence-corrected chi connectivity index (χ0v) is 20.0. The number of hydrogen-bond acceptors (Lipinski definition) is 8. The van der Waals surface area contributed by atoms with Crippen molar-refractivity contribution in [2.45, 2.75) is 19.8 Å². The zero-order valence-electron chi connectivity index (χ0n) is 19.2. The van der Waals surface area contributed by atoms with E-state index < -0.39 is 34.5 Å². The van der Waals surface area contributed by atoms with E-state index in [0.717, 1.165) is 17.3 Å². The summed E-state index contributed by atoms with van der Waals surface area (Å²) in [5.74, 6) is -4.11. The van der Waals surface area contributed by atoms with Gasteiger partial charge in [0.25, 0.3) is 5.69 Å². The molecule has 0 bridgehead atoms. The minimum atomic E-state index is -1.25. The third-order valence-corrected chi connectivity index (χ3v) is 6.48. The number of amides is 2. The van der Waals surface area contributed by atoms with Gasteiger partial charge in [0.15, 0.2) is 0 Å². The van der Waals surface area contributed by atoms with Gasteiger partial charge >= 0.3 is 5.97 Å². The Kier molecular flexibility index (Phi) is 7.88. The van der Waals surface area contributed by atoms with Crippen LogP contribution in [-0.4, -0.2) is 35.6 Å². The number of ether oxygens (including phenoxy) is 1. The SMILES string of the molecule is COC(=O)[C@@H]1C(=O)NC(SCC(=O)Nc2ccc([N+](=O)[O-])cc2C)=C(C#N)[C@@H]1c1ccc(C)cc1. The molecule has 11 heteroatoms. The highest BCUT2D eigenvalue weighted by atomic mass is 32.2. The number of esters is 1. The Bertz CT molecular complexity index is 1270. The first-order valence-electron chi connectivity index (χ1n) is 10.4. The number of nitrogens with zero attached hydrogens (tertiary/aromatic N) is 2. The molecule has 0 radical (unpaired) electrons. The van der Waals surface area contributed by atoms with Crippen molar-refractivity contribution in [3.63, 3.8) is 0 Å². The number of nitrogens with one attached hydrogen (secondary N) is 2. The van der Waals surface area contributed by atoms with Gasteiger partial charge in [-0.15, -0.1) is 0 Å². The minimum absolute atomic E-state index is 0.0917. The van der Waals surface area contributed by atoms with E-state index in [4.69, 9.17) is 4.74 Å². The molecule has 35 heavy (non-hydrogen) atoms. The van der Waals surface area contributed by atoms with E-state index in [1.54, 1.807) is 19.1 Å². The first-order valence-corrected chi connectivity index (χ1v) is 11.4. The van der Waals surface area contributed by atoms with Crippen LogP contribution in [-0.2, 0) is 19.1 Å². The lowest BCUT2D eigenvalue weighted by molar-refractivity contribution is -0.384. The van der Waals surface area contributed by atoms with Crippen molar-refractivity contribution in [2.75, 3.05) is 18.2 Å². The van der Waals surface area contributed by atoms with Crippen molar-refractivity contribution < 1.29 is 24.0 Å². The van der Waals surface area contributed by atoms with E-state index in [1.165, 1.54) is 25.3 Å². The fraction of sp³-hybridized carbons (Fsp3) is 0.250. The summed E-state index contributed by atoms with van der Waals surface area (Å²) < 4.78 is 4.82. The van der Waals surface area contributed by atoms with Gasteiger partial charge in [-0.05, 0) is 31.0 Å². The zero-order chi connectivity index (χ0) is 25.7. The summed E-state index contributed by atoms with van der Waals surface area (Å²) in [4.78, 5) is 48.2. The Morgan fingerprint density at radius 1 is 1.23 bits per heavy atom. The molecule has 0 saturated heterocycles. The number of allylic oxidation sites excluding steroid dienone is 1. The summed E-state index contributed by atoms with van der Waals surface area (Å²) in [6.45, 7) is 3.52. The van der Waals surface area contributed by atoms with Gasteiger partial charge in [0, 0.05) is 23.7 Å². The fourth-order valence-corrected chi connectivity index (χ4v) is 4.53. The summed E-state index contributed by atoms with van der Waals surface area (Å²) in [5, 5.41) is 26.3. The third-order valence-electron chi connectivity index (χ3n) is 5.46. The summed E-state index contributed by atoms with van der Waals surface area (Å²) in [7, 11) is 1.17. The van der Waals surface area contributed by atoms with Gasteiger partial charge in [0.1, 0.15) is 5.92 Å². The summed E-state index contributed by atoms with van der Waals surface area (Å²) in [5.41, 5.74) is 2.55. The minimum Gasteiger partial charge on any atom is -0.468 e. The molecule has 0 fully saturated rings.